The average Bonchev–Trinajstić information content (AvgIpc) is 2.49. The first-order chi connectivity index (χ1) is 9.81. The molecule has 0 aliphatic heterocycles. The molecule has 0 atom stereocenters. The predicted molar refractivity (Wildman–Crippen MR) is 89.9 cm³/mol. The lowest BCUT2D eigenvalue weighted by atomic mass is 9.77. The molecule has 0 aromatic heterocycles. The summed E-state index contributed by atoms with van der Waals surface area (Å²) in [6.45, 7) is 4.67. The Bertz CT molecular complexity index is 234. The van der Waals surface area contributed by atoms with Gasteiger partial charge in [0.05, 0.1) is 0 Å². The number of hydrogen-bond donors (Lipinski definition) is 0. The molecule has 0 nitrogen and oxygen atoms in total. The second kappa shape index (κ2) is 8.90. The van der Waals surface area contributed by atoms with Crippen molar-refractivity contribution in [3.8, 4) is 0 Å². The van der Waals surface area contributed by atoms with E-state index in [2.05, 4.69) is 26.0 Å². The zero-order chi connectivity index (χ0) is 14.2. The van der Waals surface area contributed by atoms with Crippen molar-refractivity contribution in [2.24, 2.45) is 23.7 Å². The van der Waals surface area contributed by atoms with E-state index in [9.17, 15) is 0 Å². The van der Waals surface area contributed by atoms with Crippen molar-refractivity contribution >= 4 is 0 Å². The maximum Gasteiger partial charge on any atom is -0.0233 e. The maximum atomic E-state index is 2.60. The molecule has 116 valence electrons. The molecule has 0 heterocycles. The second-order valence-electron chi connectivity index (χ2n) is 7.52. The third-order valence-electron chi connectivity index (χ3n) is 5.83. The van der Waals surface area contributed by atoms with Crippen molar-refractivity contribution in [1.82, 2.24) is 0 Å². The molecule has 0 heteroatoms. The minimum absolute atomic E-state index is 0.913. The van der Waals surface area contributed by atoms with E-state index in [4.69, 9.17) is 0 Å². The fourth-order valence-electron chi connectivity index (χ4n) is 4.47. The minimum Gasteiger partial charge on any atom is -0.0851 e. The van der Waals surface area contributed by atoms with Crippen LogP contribution in [0.1, 0.15) is 90.9 Å². The summed E-state index contributed by atoms with van der Waals surface area (Å²) in [6.07, 6.45) is 22.7. The van der Waals surface area contributed by atoms with Crippen LogP contribution in [0.15, 0.2) is 12.2 Å². The fraction of sp³-hybridized carbons (Fsp3) is 0.900. The molecule has 20 heavy (non-hydrogen) atoms. The topological polar surface area (TPSA) is 0 Å². The van der Waals surface area contributed by atoms with Gasteiger partial charge >= 0.3 is 0 Å². The summed E-state index contributed by atoms with van der Waals surface area (Å²) in [4.78, 5) is 0. The lowest BCUT2D eigenvalue weighted by Gasteiger charge is -2.28. The van der Waals surface area contributed by atoms with Crippen molar-refractivity contribution < 1.29 is 0 Å². The van der Waals surface area contributed by atoms with Gasteiger partial charge in [-0.3, -0.25) is 0 Å². The van der Waals surface area contributed by atoms with Crippen LogP contribution in [0.5, 0.6) is 0 Å². The van der Waals surface area contributed by atoms with E-state index >= 15 is 0 Å². The maximum absolute atomic E-state index is 2.60. The van der Waals surface area contributed by atoms with Crippen molar-refractivity contribution in [2.75, 3.05) is 0 Å². The van der Waals surface area contributed by atoms with Gasteiger partial charge in [-0.15, -0.1) is 0 Å². The molecular formula is C20H36. The van der Waals surface area contributed by atoms with E-state index in [-0.39, 0.29) is 0 Å². The Morgan fingerprint density at radius 3 is 1.25 bits per heavy atom. The molecule has 0 saturated heterocycles. The molecule has 0 amide bonds. The first-order valence-electron chi connectivity index (χ1n) is 9.50. The molecule has 0 aromatic rings. The summed E-state index contributed by atoms with van der Waals surface area (Å²) in [5, 5.41) is 0. The van der Waals surface area contributed by atoms with Crippen molar-refractivity contribution in [1.29, 1.82) is 0 Å². The van der Waals surface area contributed by atoms with Crippen LogP contribution in [-0.2, 0) is 0 Å². The highest BCUT2D eigenvalue weighted by Gasteiger charge is 2.21. The number of hydrogen-bond acceptors (Lipinski definition) is 0. The molecule has 0 radical (unpaired) electrons. The highest BCUT2D eigenvalue weighted by molar-refractivity contribution is 4.96. The fourth-order valence-corrected chi connectivity index (χ4v) is 4.47. The smallest absolute Gasteiger partial charge is 0.0233 e. The average molecular weight is 277 g/mol. The minimum atomic E-state index is 0.913. The van der Waals surface area contributed by atoms with E-state index in [0.29, 0.717) is 0 Å². The van der Waals surface area contributed by atoms with E-state index < -0.39 is 0 Å². The molecule has 2 saturated carbocycles. The molecule has 2 rings (SSSR count). The van der Waals surface area contributed by atoms with E-state index in [0.717, 1.165) is 23.7 Å². The molecule has 0 unspecified atom stereocenters. The summed E-state index contributed by atoms with van der Waals surface area (Å²) < 4.78 is 0. The number of rotatable bonds is 6. The Morgan fingerprint density at radius 2 is 0.950 bits per heavy atom. The Hall–Kier alpha value is -0.260. The molecule has 2 aliphatic carbocycles. The van der Waals surface area contributed by atoms with Gasteiger partial charge in [-0.05, 0) is 75.0 Å². The summed E-state index contributed by atoms with van der Waals surface area (Å²) in [6, 6.07) is 0. The van der Waals surface area contributed by atoms with Crippen LogP contribution >= 0.6 is 0 Å². The lowest BCUT2D eigenvalue weighted by molar-refractivity contribution is 0.284. The Morgan fingerprint density at radius 1 is 0.600 bits per heavy atom. The van der Waals surface area contributed by atoms with Gasteiger partial charge in [-0.1, -0.05) is 51.7 Å². The SMILES string of the molecule is CCCC1CCC(C=CC2CCC(CCC)CC2)CC1. The quantitative estimate of drug-likeness (QED) is 0.470. The van der Waals surface area contributed by atoms with Gasteiger partial charge in [0.1, 0.15) is 0 Å². The molecule has 0 N–H and O–H groups in total. The summed E-state index contributed by atoms with van der Waals surface area (Å²) in [7, 11) is 0. The molecule has 2 fully saturated rings. The van der Waals surface area contributed by atoms with Gasteiger partial charge < -0.3 is 0 Å². The van der Waals surface area contributed by atoms with Crippen LogP contribution in [0.3, 0.4) is 0 Å². The third-order valence-corrected chi connectivity index (χ3v) is 5.83. The van der Waals surface area contributed by atoms with Crippen molar-refractivity contribution in [3.05, 3.63) is 12.2 Å². The van der Waals surface area contributed by atoms with E-state index in [1.807, 2.05) is 0 Å². The largest absolute Gasteiger partial charge is 0.0851 e. The summed E-state index contributed by atoms with van der Waals surface area (Å²) in [5.41, 5.74) is 0. The molecule has 0 spiro atoms. The van der Waals surface area contributed by atoms with Gasteiger partial charge in [0.25, 0.3) is 0 Å². The van der Waals surface area contributed by atoms with Gasteiger partial charge in [0.15, 0.2) is 0 Å². The van der Waals surface area contributed by atoms with Crippen LogP contribution in [-0.4, -0.2) is 0 Å². The third kappa shape index (κ3) is 5.26. The van der Waals surface area contributed by atoms with Crippen LogP contribution in [0.25, 0.3) is 0 Å². The summed E-state index contributed by atoms with van der Waals surface area (Å²) >= 11 is 0. The first-order valence-corrected chi connectivity index (χ1v) is 9.50. The highest BCUT2D eigenvalue weighted by Crippen LogP contribution is 2.35. The van der Waals surface area contributed by atoms with Gasteiger partial charge in [-0.25, -0.2) is 0 Å². The molecule has 2 aliphatic rings. The Balaban J connectivity index is 1.64. The van der Waals surface area contributed by atoms with E-state index in [1.165, 1.54) is 77.0 Å². The predicted octanol–water partition coefficient (Wildman–Crippen LogP) is 6.76. The normalized spacial score (nSPS) is 35.5. The van der Waals surface area contributed by atoms with Crippen molar-refractivity contribution in [2.45, 2.75) is 90.9 Å². The molecule has 0 bridgehead atoms. The standard InChI is InChI=1S/C20H36/c1-3-5-17-7-11-19(12-8-17)15-16-20-13-9-18(6-4-2)10-14-20/h15-20H,3-14H2,1-2H3. The zero-order valence-electron chi connectivity index (χ0n) is 13.9. The Labute approximate surface area is 127 Å². The van der Waals surface area contributed by atoms with Gasteiger partial charge in [0, 0.05) is 0 Å². The first kappa shape index (κ1) is 16.1. The Kier molecular flexibility index (Phi) is 7.17. The van der Waals surface area contributed by atoms with Gasteiger partial charge in [0.2, 0.25) is 0 Å². The molecule has 0 aromatic carbocycles. The highest BCUT2D eigenvalue weighted by atomic mass is 14.3. The lowest BCUT2D eigenvalue weighted by Crippen LogP contribution is -2.15. The summed E-state index contributed by atoms with van der Waals surface area (Å²) in [5.74, 6) is 3.93. The van der Waals surface area contributed by atoms with Crippen LogP contribution in [0, 0.1) is 23.7 Å². The van der Waals surface area contributed by atoms with Gasteiger partial charge in [-0.2, -0.15) is 0 Å². The zero-order valence-corrected chi connectivity index (χ0v) is 13.9. The van der Waals surface area contributed by atoms with Crippen molar-refractivity contribution in [3.63, 3.8) is 0 Å². The second-order valence-corrected chi connectivity index (χ2v) is 7.52. The van der Waals surface area contributed by atoms with E-state index in [1.54, 1.807) is 0 Å². The monoisotopic (exact) mass is 276 g/mol. The van der Waals surface area contributed by atoms with Crippen LogP contribution < -0.4 is 0 Å². The molecular weight excluding hydrogens is 240 g/mol. The van der Waals surface area contributed by atoms with Crippen LogP contribution in [0.4, 0.5) is 0 Å². The van der Waals surface area contributed by atoms with Crippen LogP contribution in [0.2, 0.25) is 0 Å². The number of allylic oxidation sites excluding steroid dienone is 2.